The summed E-state index contributed by atoms with van der Waals surface area (Å²) in [5, 5.41) is 9.37. The van der Waals surface area contributed by atoms with Gasteiger partial charge in [-0.25, -0.2) is 0 Å². The Morgan fingerprint density at radius 1 is 1.47 bits per heavy atom. The first kappa shape index (κ1) is 12.8. The Kier molecular flexibility index (Phi) is 4.40. The summed E-state index contributed by atoms with van der Waals surface area (Å²) in [7, 11) is 0. The molecule has 0 saturated carbocycles. The number of hydrogen-bond acceptors (Lipinski definition) is 3. The third-order valence-electron chi connectivity index (χ3n) is 4.22. The molecule has 0 spiro atoms. The Labute approximate surface area is 103 Å². The number of carboxylic acid groups (broad SMARTS) is 1. The maximum Gasteiger partial charge on any atom is 0.320 e. The van der Waals surface area contributed by atoms with Crippen LogP contribution in [0.25, 0.3) is 0 Å². The number of aliphatic carboxylic acids is 1. The topological polar surface area (TPSA) is 49.8 Å². The molecule has 0 radical (unpaired) electrons. The van der Waals surface area contributed by atoms with E-state index in [2.05, 4.69) is 11.8 Å². The summed E-state index contributed by atoms with van der Waals surface area (Å²) in [4.78, 5) is 13.6. The van der Waals surface area contributed by atoms with Crippen LogP contribution in [0.3, 0.4) is 0 Å². The lowest BCUT2D eigenvalue weighted by atomic mass is 9.87. The lowest BCUT2D eigenvalue weighted by molar-refractivity contribution is -0.148. The highest BCUT2D eigenvalue weighted by Crippen LogP contribution is 2.29. The van der Waals surface area contributed by atoms with Crippen molar-refractivity contribution in [3.63, 3.8) is 0 Å². The molecule has 2 fully saturated rings. The fourth-order valence-corrected chi connectivity index (χ4v) is 3.09. The summed E-state index contributed by atoms with van der Waals surface area (Å²) in [6, 6.07) is 0.0306. The molecule has 3 atom stereocenters. The average molecular weight is 241 g/mol. The van der Waals surface area contributed by atoms with Crippen LogP contribution < -0.4 is 0 Å². The molecule has 98 valence electrons. The first-order valence-electron chi connectivity index (χ1n) is 6.78. The molecule has 2 rings (SSSR count). The van der Waals surface area contributed by atoms with Crippen molar-refractivity contribution in [2.24, 2.45) is 5.92 Å². The first-order valence-corrected chi connectivity index (χ1v) is 6.78. The number of nitrogens with zero attached hydrogens (tertiary/aromatic N) is 1. The number of carbonyl (C=O) groups is 1. The quantitative estimate of drug-likeness (QED) is 0.817. The predicted molar refractivity (Wildman–Crippen MR) is 65.0 cm³/mol. The van der Waals surface area contributed by atoms with Gasteiger partial charge in [-0.3, -0.25) is 9.69 Å². The average Bonchev–Trinajstić information content (AvgIpc) is 2.39. The highest BCUT2D eigenvalue weighted by atomic mass is 16.5. The zero-order valence-electron chi connectivity index (χ0n) is 10.6. The van der Waals surface area contributed by atoms with E-state index in [-0.39, 0.29) is 6.04 Å². The van der Waals surface area contributed by atoms with Crippen LogP contribution in [-0.4, -0.2) is 47.8 Å². The predicted octanol–water partition coefficient (Wildman–Crippen LogP) is 1.74. The van der Waals surface area contributed by atoms with Gasteiger partial charge in [0.15, 0.2) is 0 Å². The molecule has 3 unspecified atom stereocenters. The molecule has 0 aromatic heterocycles. The Bertz CT molecular complexity index is 263. The van der Waals surface area contributed by atoms with Gasteiger partial charge in [0.1, 0.15) is 6.04 Å². The van der Waals surface area contributed by atoms with Crippen molar-refractivity contribution in [1.29, 1.82) is 0 Å². The second-order valence-electron chi connectivity index (χ2n) is 5.26. The molecule has 0 aliphatic carbocycles. The second kappa shape index (κ2) is 5.83. The van der Waals surface area contributed by atoms with Crippen molar-refractivity contribution < 1.29 is 14.6 Å². The van der Waals surface area contributed by atoms with Gasteiger partial charge in [-0.05, 0) is 38.1 Å². The molecular weight excluding hydrogens is 218 g/mol. The Morgan fingerprint density at radius 2 is 2.29 bits per heavy atom. The normalized spacial score (nSPS) is 35.7. The van der Waals surface area contributed by atoms with Gasteiger partial charge >= 0.3 is 5.97 Å². The second-order valence-corrected chi connectivity index (χ2v) is 5.26. The van der Waals surface area contributed by atoms with Crippen molar-refractivity contribution >= 4 is 5.97 Å². The summed E-state index contributed by atoms with van der Waals surface area (Å²) in [5.74, 6) is -0.0782. The first-order chi connectivity index (χ1) is 8.22. The van der Waals surface area contributed by atoms with Crippen molar-refractivity contribution in [1.82, 2.24) is 4.90 Å². The van der Waals surface area contributed by atoms with E-state index in [1.165, 1.54) is 0 Å². The number of likely N-dealkylation sites (tertiary alicyclic amines) is 1. The molecule has 17 heavy (non-hydrogen) atoms. The highest BCUT2D eigenvalue weighted by Gasteiger charge is 2.37. The van der Waals surface area contributed by atoms with Crippen LogP contribution in [0.2, 0.25) is 0 Å². The van der Waals surface area contributed by atoms with Crippen molar-refractivity contribution in [2.75, 3.05) is 19.8 Å². The van der Waals surface area contributed by atoms with E-state index < -0.39 is 5.97 Å². The highest BCUT2D eigenvalue weighted by molar-refractivity contribution is 5.73. The molecule has 2 saturated heterocycles. The molecule has 2 heterocycles. The minimum Gasteiger partial charge on any atom is -0.480 e. The molecule has 0 aromatic carbocycles. The lowest BCUT2D eigenvalue weighted by Gasteiger charge is -2.42. The van der Waals surface area contributed by atoms with Crippen LogP contribution in [0.5, 0.6) is 0 Å². The third-order valence-corrected chi connectivity index (χ3v) is 4.22. The van der Waals surface area contributed by atoms with Gasteiger partial charge in [0.2, 0.25) is 0 Å². The monoisotopic (exact) mass is 241 g/mol. The SMILES string of the molecule is CCC1CCN(C2CCCOC2)C(C(=O)O)C1. The molecule has 4 nitrogen and oxygen atoms in total. The van der Waals surface area contributed by atoms with Gasteiger partial charge in [-0.2, -0.15) is 0 Å². The molecule has 0 bridgehead atoms. The van der Waals surface area contributed by atoms with Crippen LogP contribution in [0.1, 0.15) is 39.0 Å². The lowest BCUT2D eigenvalue weighted by Crippen LogP contribution is -2.54. The fourth-order valence-electron chi connectivity index (χ4n) is 3.09. The summed E-state index contributed by atoms with van der Waals surface area (Å²) in [6.45, 7) is 4.62. The van der Waals surface area contributed by atoms with Crippen LogP contribution >= 0.6 is 0 Å². The van der Waals surface area contributed by atoms with Crippen LogP contribution in [0.4, 0.5) is 0 Å². The van der Waals surface area contributed by atoms with Crippen LogP contribution in [-0.2, 0) is 9.53 Å². The number of piperidine rings is 1. The maximum atomic E-state index is 11.4. The molecule has 4 heteroatoms. The molecule has 0 amide bonds. The van der Waals surface area contributed by atoms with Crippen LogP contribution in [0, 0.1) is 5.92 Å². The van der Waals surface area contributed by atoms with Gasteiger partial charge in [-0.1, -0.05) is 13.3 Å². The maximum absolute atomic E-state index is 11.4. The van der Waals surface area contributed by atoms with E-state index in [1.54, 1.807) is 0 Å². The van der Waals surface area contributed by atoms with E-state index in [0.717, 1.165) is 45.3 Å². The largest absolute Gasteiger partial charge is 0.480 e. The molecular formula is C13H23NO3. The summed E-state index contributed by atoms with van der Waals surface area (Å²) in [6.07, 6.45) is 5.18. The van der Waals surface area contributed by atoms with Crippen molar-refractivity contribution in [3.8, 4) is 0 Å². The zero-order chi connectivity index (χ0) is 12.3. The van der Waals surface area contributed by atoms with E-state index >= 15 is 0 Å². The minimum atomic E-state index is -0.659. The Balaban J connectivity index is 2.01. The van der Waals surface area contributed by atoms with Gasteiger partial charge in [-0.15, -0.1) is 0 Å². The Hall–Kier alpha value is -0.610. The van der Waals surface area contributed by atoms with Crippen LogP contribution in [0.15, 0.2) is 0 Å². The molecule has 2 aliphatic rings. The fraction of sp³-hybridized carbons (Fsp3) is 0.923. The summed E-state index contributed by atoms with van der Waals surface area (Å²) >= 11 is 0. The minimum absolute atomic E-state index is 0.291. The van der Waals surface area contributed by atoms with Gasteiger partial charge in [0.05, 0.1) is 6.61 Å². The Morgan fingerprint density at radius 3 is 2.88 bits per heavy atom. The van der Waals surface area contributed by atoms with Gasteiger partial charge in [0.25, 0.3) is 0 Å². The zero-order valence-corrected chi connectivity index (χ0v) is 10.6. The number of carboxylic acids is 1. The van der Waals surface area contributed by atoms with Crippen molar-refractivity contribution in [3.05, 3.63) is 0 Å². The van der Waals surface area contributed by atoms with Crippen molar-refractivity contribution in [2.45, 2.75) is 51.1 Å². The number of ether oxygens (including phenoxy) is 1. The van der Waals surface area contributed by atoms with E-state index in [0.29, 0.717) is 18.6 Å². The smallest absolute Gasteiger partial charge is 0.320 e. The molecule has 0 aromatic rings. The summed E-state index contributed by atoms with van der Waals surface area (Å²) < 4.78 is 5.48. The number of hydrogen-bond donors (Lipinski definition) is 1. The third kappa shape index (κ3) is 2.99. The van der Waals surface area contributed by atoms with Gasteiger partial charge < -0.3 is 9.84 Å². The molecule has 2 aliphatic heterocycles. The van der Waals surface area contributed by atoms with E-state index in [1.807, 2.05) is 0 Å². The standard InChI is InChI=1S/C13H23NO3/c1-2-10-5-6-14(12(8-10)13(15)16)11-4-3-7-17-9-11/h10-12H,2-9H2,1H3,(H,15,16). The van der Waals surface area contributed by atoms with E-state index in [4.69, 9.17) is 4.74 Å². The van der Waals surface area contributed by atoms with Gasteiger partial charge in [0, 0.05) is 12.6 Å². The molecule has 1 N–H and O–H groups in total. The van der Waals surface area contributed by atoms with E-state index in [9.17, 15) is 9.90 Å². The number of rotatable bonds is 3. The summed E-state index contributed by atoms with van der Waals surface area (Å²) in [5.41, 5.74) is 0.